The lowest BCUT2D eigenvalue weighted by Crippen LogP contribution is -2.26. The van der Waals surface area contributed by atoms with E-state index in [1.165, 1.54) is 4.52 Å². The Bertz CT molecular complexity index is 2030. The average molecular weight is 562 g/mol. The third-order valence-corrected chi connectivity index (χ3v) is 7.46. The number of aryl methyl sites for hydroxylation is 1. The molecule has 0 saturated heterocycles. The predicted octanol–water partition coefficient (Wildman–Crippen LogP) is 4.92. The fraction of sp³-hybridized carbons (Fsp3) is 0.156. The third-order valence-electron chi connectivity index (χ3n) is 6.50. The van der Waals surface area contributed by atoms with E-state index in [1.807, 2.05) is 79.9 Å². The molecule has 6 rings (SSSR count). The molecule has 0 N–H and O–H groups in total. The van der Waals surface area contributed by atoms with Gasteiger partial charge in [-0.2, -0.15) is 19.7 Å². The first-order valence-electron chi connectivity index (χ1n) is 13.3. The Morgan fingerprint density at radius 2 is 1.63 bits per heavy atom. The molecule has 0 unspecified atom stereocenters. The van der Waals surface area contributed by atoms with Gasteiger partial charge in [-0.05, 0) is 54.8 Å². The van der Waals surface area contributed by atoms with Crippen molar-refractivity contribution in [3.8, 4) is 34.0 Å². The van der Waals surface area contributed by atoms with Gasteiger partial charge in [0.05, 0.1) is 16.8 Å². The molecule has 0 atom stereocenters. The molecular weight excluding hydrogens is 534 g/mol. The van der Waals surface area contributed by atoms with Crippen LogP contribution in [-0.2, 0) is 0 Å². The molecule has 0 bridgehead atoms. The topological polar surface area (TPSA) is 91.4 Å². The standard InChI is InChI=1S/C32H27N5O3S/c1-20(2)19-40-26-15-14-23(16-21(26)3)28-24(18-36(34-28)25-12-8-5-9-13-25)17-27-31(39)37-32(41-27)33-30(38)29(35-37)22-10-6-4-7-11-22/h4-18,20H,19H2,1-3H3/b27-17-. The summed E-state index contributed by atoms with van der Waals surface area (Å²) in [6.07, 6.45) is 3.68. The molecule has 8 nitrogen and oxygen atoms in total. The van der Waals surface area contributed by atoms with Gasteiger partial charge in [-0.15, -0.1) is 0 Å². The molecule has 3 aromatic heterocycles. The predicted molar refractivity (Wildman–Crippen MR) is 162 cm³/mol. The summed E-state index contributed by atoms with van der Waals surface area (Å²) in [5, 5.41) is 9.28. The van der Waals surface area contributed by atoms with Gasteiger partial charge in [0.15, 0.2) is 5.69 Å². The van der Waals surface area contributed by atoms with E-state index in [1.54, 1.807) is 22.9 Å². The summed E-state index contributed by atoms with van der Waals surface area (Å²) >= 11 is 1.12. The van der Waals surface area contributed by atoms with Crippen molar-refractivity contribution in [1.29, 1.82) is 0 Å². The molecule has 0 aliphatic rings. The van der Waals surface area contributed by atoms with E-state index in [4.69, 9.17) is 9.84 Å². The minimum absolute atomic E-state index is 0.136. The molecule has 0 amide bonds. The summed E-state index contributed by atoms with van der Waals surface area (Å²) in [7, 11) is 0. The number of thiazole rings is 1. The second kappa shape index (κ2) is 10.9. The Labute approximate surface area is 239 Å². The first kappa shape index (κ1) is 26.3. The molecule has 0 spiro atoms. The van der Waals surface area contributed by atoms with Gasteiger partial charge in [-0.1, -0.05) is 73.7 Å². The number of rotatable bonds is 7. The Morgan fingerprint density at radius 3 is 2.34 bits per heavy atom. The van der Waals surface area contributed by atoms with Crippen molar-refractivity contribution in [1.82, 2.24) is 24.4 Å². The highest BCUT2D eigenvalue weighted by Gasteiger charge is 2.16. The van der Waals surface area contributed by atoms with Gasteiger partial charge in [-0.3, -0.25) is 9.59 Å². The number of nitrogens with zero attached hydrogens (tertiary/aromatic N) is 5. The van der Waals surface area contributed by atoms with Gasteiger partial charge in [0.1, 0.15) is 11.4 Å². The van der Waals surface area contributed by atoms with E-state index in [2.05, 4.69) is 23.9 Å². The lowest BCUT2D eigenvalue weighted by atomic mass is 10.0. The van der Waals surface area contributed by atoms with Crippen LogP contribution < -0.4 is 20.4 Å². The molecular formula is C32H27N5O3S. The molecule has 3 aromatic carbocycles. The van der Waals surface area contributed by atoms with Gasteiger partial charge in [-0.25, -0.2) is 4.68 Å². The van der Waals surface area contributed by atoms with Crippen molar-refractivity contribution in [3.05, 3.63) is 121 Å². The van der Waals surface area contributed by atoms with E-state index in [0.717, 1.165) is 39.5 Å². The molecule has 41 heavy (non-hydrogen) atoms. The maximum atomic E-state index is 13.5. The highest BCUT2D eigenvalue weighted by molar-refractivity contribution is 7.15. The zero-order valence-corrected chi connectivity index (χ0v) is 23.6. The zero-order valence-electron chi connectivity index (χ0n) is 22.8. The van der Waals surface area contributed by atoms with Crippen molar-refractivity contribution in [3.63, 3.8) is 0 Å². The summed E-state index contributed by atoms with van der Waals surface area (Å²) in [5.74, 6) is 1.25. The molecule has 0 saturated carbocycles. The van der Waals surface area contributed by atoms with Crippen LogP contribution in [0.2, 0.25) is 0 Å². The number of hydrogen-bond acceptors (Lipinski definition) is 7. The number of fused-ring (bicyclic) bond motifs is 1. The van der Waals surface area contributed by atoms with Gasteiger partial charge >= 0.3 is 5.56 Å². The quantitative estimate of drug-likeness (QED) is 0.275. The minimum atomic E-state index is -0.475. The number of para-hydroxylation sites is 1. The second-order valence-electron chi connectivity index (χ2n) is 10.1. The summed E-state index contributed by atoms with van der Waals surface area (Å²) in [6.45, 7) is 6.88. The lowest BCUT2D eigenvalue weighted by molar-refractivity contribution is 0.269. The minimum Gasteiger partial charge on any atom is -0.493 e. The van der Waals surface area contributed by atoms with Gasteiger partial charge < -0.3 is 4.74 Å². The summed E-state index contributed by atoms with van der Waals surface area (Å²) in [4.78, 5) is 30.6. The van der Waals surface area contributed by atoms with Crippen molar-refractivity contribution < 1.29 is 4.74 Å². The Balaban J connectivity index is 1.49. The van der Waals surface area contributed by atoms with Gasteiger partial charge in [0.25, 0.3) is 5.56 Å². The molecule has 0 radical (unpaired) electrons. The first-order valence-corrected chi connectivity index (χ1v) is 14.1. The van der Waals surface area contributed by atoms with Gasteiger partial charge in [0, 0.05) is 22.9 Å². The second-order valence-corrected chi connectivity index (χ2v) is 11.1. The highest BCUT2D eigenvalue weighted by Crippen LogP contribution is 2.29. The number of aromatic nitrogens is 5. The van der Waals surface area contributed by atoms with Crippen LogP contribution in [0.4, 0.5) is 0 Å². The third kappa shape index (κ3) is 5.31. The van der Waals surface area contributed by atoms with E-state index in [9.17, 15) is 9.59 Å². The van der Waals surface area contributed by atoms with Crippen molar-refractivity contribution in [2.24, 2.45) is 5.92 Å². The molecule has 204 valence electrons. The largest absolute Gasteiger partial charge is 0.493 e. The van der Waals surface area contributed by atoms with E-state index >= 15 is 0 Å². The summed E-state index contributed by atoms with van der Waals surface area (Å²) in [5.41, 5.74) is 4.17. The van der Waals surface area contributed by atoms with Crippen LogP contribution in [0.1, 0.15) is 25.0 Å². The molecule has 6 aromatic rings. The van der Waals surface area contributed by atoms with Crippen LogP contribution in [0.15, 0.2) is 94.6 Å². The summed E-state index contributed by atoms with van der Waals surface area (Å²) < 4.78 is 9.37. The van der Waals surface area contributed by atoms with Crippen molar-refractivity contribution >= 4 is 22.4 Å². The molecule has 0 fully saturated rings. The first-order chi connectivity index (χ1) is 19.9. The van der Waals surface area contributed by atoms with Crippen LogP contribution >= 0.6 is 11.3 Å². The SMILES string of the molecule is Cc1cc(-c2nn(-c3ccccc3)cc2/C=c2\sc3nc(=O)c(-c4ccccc4)nn3c2=O)ccc1OCC(C)C. The lowest BCUT2D eigenvalue weighted by Gasteiger charge is -2.12. The monoisotopic (exact) mass is 561 g/mol. The molecule has 9 heteroatoms. The normalized spacial score (nSPS) is 12.0. The maximum absolute atomic E-state index is 13.5. The van der Waals surface area contributed by atoms with Crippen LogP contribution in [0.25, 0.3) is 39.2 Å². The molecule has 0 aliphatic carbocycles. The molecule has 0 aliphatic heterocycles. The van der Waals surface area contributed by atoms with Crippen LogP contribution in [0.5, 0.6) is 5.75 Å². The highest BCUT2D eigenvalue weighted by atomic mass is 32.1. The number of benzene rings is 3. The van der Waals surface area contributed by atoms with E-state index in [0.29, 0.717) is 28.3 Å². The smallest absolute Gasteiger partial charge is 0.300 e. The Morgan fingerprint density at radius 1 is 0.902 bits per heavy atom. The summed E-state index contributed by atoms with van der Waals surface area (Å²) in [6, 6.07) is 24.8. The Kier molecular flexibility index (Phi) is 7.03. The van der Waals surface area contributed by atoms with Crippen LogP contribution in [-0.4, -0.2) is 31.0 Å². The Hall–Kier alpha value is -4.89. The van der Waals surface area contributed by atoms with Crippen LogP contribution in [0, 0.1) is 12.8 Å². The number of hydrogen-bond donors (Lipinski definition) is 0. The van der Waals surface area contributed by atoms with Crippen molar-refractivity contribution in [2.75, 3.05) is 6.61 Å². The molecule has 3 heterocycles. The maximum Gasteiger partial charge on any atom is 0.300 e. The zero-order chi connectivity index (χ0) is 28.5. The van der Waals surface area contributed by atoms with Gasteiger partial charge in [0.2, 0.25) is 4.96 Å². The average Bonchev–Trinajstić information content (AvgIpc) is 3.53. The fourth-order valence-electron chi connectivity index (χ4n) is 4.47. The van der Waals surface area contributed by atoms with E-state index in [-0.39, 0.29) is 16.2 Å². The van der Waals surface area contributed by atoms with E-state index < -0.39 is 5.56 Å². The van der Waals surface area contributed by atoms with Crippen LogP contribution in [0.3, 0.4) is 0 Å². The number of ether oxygens (including phenoxy) is 1. The fourth-order valence-corrected chi connectivity index (χ4v) is 5.37. The van der Waals surface area contributed by atoms with Crippen molar-refractivity contribution in [2.45, 2.75) is 20.8 Å².